The maximum atomic E-state index is 10.8. The van der Waals surface area contributed by atoms with Gasteiger partial charge >= 0.3 is 0 Å². The number of aromatic nitrogens is 3. The minimum atomic E-state index is 0.539. The van der Waals surface area contributed by atoms with E-state index < -0.39 is 0 Å². The van der Waals surface area contributed by atoms with Crippen molar-refractivity contribution in [3.05, 3.63) is 192 Å². The standard InChI is InChI=1S/C51H28N6/c1-54-34-22-25-49-42(28-34)43-29-35(55-44-17-6-5-15-39(44)41-27-32(30-52)21-24-48(41)55)23-26-50(43)57(49)51-33(31-53)11-10-16-40(51)38-14-4-9-20-47(38)56-45-18-7-2-12-36(45)37-13-3-8-19-46(37)56/h2-29H. The third kappa shape index (κ3) is 4.61. The Bertz CT molecular complexity index is 3580. The summed E-state index contributed by atoms with van der Waals surface area (Å²) in [5, 5.41) is 26.9. The van der Waals surface area contributed by atoms with Crippen LogP contribution in [0.5, 0.6) is 0 Å². The van der Waals surface area contributed by atoms with E-state index in [1.807, 2.05) is 60.7 Å². The van der Waals surface area contributed by atoms with E-state index in [0.717, 1.165) is 82.8 Å². The molecule has 6 heteroatoms. The fraction of sp³-hybridized carbons (Fsp3) is 0. The molecule has 57 heavy (non-hydrogen) atoms. The Balaban J connectivity index is 1.21. The van der Waals surface area contributed by atoms with Crippen LogP contribution in [0.25, 0.3) is 98.5 Å². The van der Waals surface area contributed by atoms with Gasteiger partial charge in [-0.2, -0.15) is 10.5 Å². The Labute approximate surface area is 326 Å². The first kappa shape index (κ1) is 32.1. The normalized spacial score (nSPS) is 11.5. The molecule has 3 heterocycles. The predicted molar refractivity (Wildman–Crippen MR) is 231 cm³/mol. The van der Waals surface area contributed by atoms with Crippen LogP contribution < -0.4 is 0 Å². The zero-order valence-corrected chi connectivity index (χ0v) is 30.3. The molecule has 0 amide bonds. The molecule has 11 rings (SSSR count). The maximum absolute atomic E-state index is 10.8. The molecule has 262 valence electrons. The Morgan fingerprint density at radius 3 is 1.67 bits per heavy atom. The maximum Gasteiger partial charge on any atom is 0.188 e. The second-order valence-electron chi connectivity index (χ2n) is 14.2. The molecular formula is C51H28N6. The zero-order valence-electron chi connectivity index (χ0n) is 30.3. The molecule has 6 nitrogen and oxygen atoms in total. The van der Waals surface area contributed by atoms with E-state index in [2.05, 4.69) is 140 Å². The summed E-state index contributed by atoms with van der Waals surface area (Å²) < 4.78 is 6.77. The second kappa shape index (κ2) is 12.3. The average Bonchev–Trinajstić information content (AvgIpc) is 3.90. The number of rotatable bonds is 4. The molecule has 0 fully saturated rings. The summed E-state index contributed by atoms with van der Waals surface area (Å²) >= 11 is 0. The van der Waals surface area contributed by atoms with E-state index in [1.165, 1.54) is 10.8 Å². The van der Waals surface area contributed by atoms with Crippen LogP contribution in [0.4, 0.5) is 5.69 Å². The first-order valence-electron chi connectivity index (χ1n) is 18.7. The van der Waals surface area contributed by atoms with Gasteiger partial charge in [-0.05, 0) is 84.2 Å². The number of nitrogens with zero attached hydrogens (tertiary/aromatic N) is 6. The van der Waals surface area contributed by atoms with Crippen LogP contribution in [0.2, 0.25) is 0 Å². The lowest BCUT2D eigenvalue weighted by molar-refractivity contribution is 1.15. The fourth-order valence-corrected chi connectivity index (χ4v) is 8.94. The van der Waals surface area contributed by atoms with Gasteiger partial charge in [-0.15, -0.1) is 0 Å². The van der Waals surface area contributed by atoms with Crippen molar-refractivity contribution >= 4 is 71.1 Å². The van der Waals surface area contributed by atoms with Gasteiger partial charge < -0.3 is 13.7 Å². The van der Waals surface area contributed by atoms with E-state index in [9.17, 15) is 10.5 Å². The van der Waals surface area contributed by atoms with Gasteiger partial charge in [0.2, 0.25) is 0 Å². The van der Waals surface area contributed by atoms with E-state index >= 15 is 0 Å². The molecular weight excluding hydrogens is 697 g/mol. The van der Waals surface area contributed by atoms with E-state index in [0.29, 0.717) is 16.8 Å². The molecule has 0 unspecified atom stereocenters. The number of hydrogen-bond acceptors (Lipinski definition) is 2. The molecule has 0 radical (unpaired) electrons. The van der Waals surface area contributed by atoms with Gasteiger partial charge in [0, 0.05) is 43.7 Å². The Hall–Kier alpha value is -8.37. The molecule has 0 atom stereocenters. The van der Waals surface area contributed by atoms with Crippen molar-refractivity contribution < 1.29 is 0 Å². The average molecular weight is 725 g/mol. The largest absolute Gasteiger partial charge is 0.309 e. The number of benzene rings is 8. The zero-order chi connectivity index (χ0) is 38.2. The third-order valence-corrected chi connectivity index (χ3v) is 11.3. The predicted octanol–water partition coefficient (Wildman–Crippen LogP) is 12.9. The fourth-order valence-electron chi connectivity index (χ4n) is 8.94. The molecule has 3 aromatic heterocycles. The Morgan fingerprint density at radius 1 is 0.421 bits per heavy atom. The van der Waals surface area contributed by atoms with Crippen LogP contribution in [0.3, 0.4) is 0 Å². The molecule has 0 aliphatic heterocycles. The highest BCUT2D eigenvalue weighted by Crippen LogP contribution is 2.43. The molecule has 0 aliphatic carbocycles. The lowest BCUT2D eigenvalue weighted by atomic mass is 9.98. The van der Waals surface area contributed by atoms with Crippen LogP contribution >= 0.6 is 0 Å². The molecule has 8 aromatic carbocycles. The topological polar surface area (TPSA) is 66.7 Å². The summed E-state index contributed by atoms with van der Waals surface area (Å²) in [5.74, 6) is 0. The summed E-state index contributed by atoms with van der Waals surface area (Å²) in [7, 11) is 0. The van der Waals surface area contributed by atoms with Crippen molar-refractivity contribution in [3.8, 4) is 40.3 Å². The van der Waals surface area contributed by atoms with Crippen molar-refractivity contribution in [2.45, 2.75) is 0 Å². The minimum Gasteiger partial charge on any atom is -0.309 e. The van der Waals surface area contributed by atoms with Gasteiger partial charge in [0.15, 0.2) is 5.69 Å². The molecule has 11 aromatic rings. The Morgan fingerprint density at radius 2 is 0.965 bits per heavy atom. The van der Waals surface area contributed by atoms with Gasteiger partial charge in [-0.3, -0.25) is 0 Å². The minimum absolute atomic E-state index is 0.539. The number of fused-ring (bicyclic) bond motifs is 9. The molecule has 0 N–H and O–H groups in total. The van der Waals surface area contributed by atoms with Gasteiger partial charge in [-0.25, -0.2) is 4.85 Å². The smallest absolute Gasteiger partial charge is 0.188 e. The monoisotopic (exact) mass is 724 g/mol. The second-order valence-corrected chi connectivity index (χ2v) is 14.2. The highest BCUT2D eigenvalue weighted by Gasteiger charge is 2.23. The molecule has 0 saturated carbocycles. The molecule has 0 spiro atoms. The quantitative estimate of drug-likeness (QED) is 0.170. The summed E-state index contributed by atoms with van der Waals surface area (Å²) in [6, 6.07) is 62.6. The van der Waals surface area contributed by atoms with Gasteiger partial charge in [-0.1, -0.05) is 91.0 Å². The van der Waals surface area contributed by atoms with Crippen LogP contribution in [-0.4, -0.2) is 13.7 Å². The van der Waals surface area contributed by atoms with Crippen molar-refractivity contribution in [2.24, 2.45) is 0 Å². The van der Waals surface area contributed by atoms with Crippen molar-refractivity contribution in [1.82, 2.24) is 13.7 Å². The van der Waals surface area contributed by atoms with Gasteiger partial charge in [0.05, 0.1) is 68.2 Å². The summed E-state index contributed by atoms with van der Waals surface area (Å²) in [6.07, 6.45) is 0. The van der Waals surface area contributed by atoms with E-state index in [1.54, 1.807) is 0 Å². The summed E-state index contributed by atoms with van der Waals surface area (Å²) in [5.41, 5.74) is 12.4. The van der Waals surface area contributed by atoms with Crippen LogP contribution in [0.15, 0.2) is 170 Å². The van der Waals surface area contributed by atoms with E-state index in [4.69, 9.17) is 6.57 Å². The SMILES string of the molecule is [C-]#[N+]c1ccc2c(c1)c1cc(-n3c4ccccc4c4cc(C#N)ccc43)ccc1n2-c1c(C#N)cccc1-c1ccccc1-n1c2ccccc2c2ccccc21. The number of hydrogen-bond donors (Lipinski definition) is 0. The molecule has 0 bridgehead atoms. The first-order valence-corrected chi connectivity index (χ1v) is 18.7. The third-order valence-electron chi connectivity index (χ3n) is 11.3. The van der Waals surface area contributed by atoms with Crippen molar-refractivity contribution in [1.29, 1.82) is 10.5 Å². The lowest BCUT2D eigenvalue weighted by Crippen LogP contribution is -2.03. The summed E-state index contributed by atoms with van der Waals surface area (Å²) in [6.45, 7) is 7.93. The van der Waals surface area contributed by atoms with Gasteiger partial charge in [0.1, 0.15) is 6.07 Å². The Kier molecular flexibility index (Phi) is 6.95. The van der Waals surface area contributed by atoms with E-state index in [-0.39, 0.29) is 0 Å². The summed E-state index contributed by atoms with van der Waals surface area (Å²) in [4.78, 5) is 3.82. The molecule has 0 saturated heterocycles. The van der Waals surface area contributed by atoms with Crippen LogP contribution in [-0.2, 0) is 0 Å². The van der Waals surface area contributed by atoms with Crippen molar-refractivity contribution in [3.63, 3.8) is 0 Å². The van der Waals surface area contributed by atoms with Crippen molar-refractivity contribution in [2.75, 3.05) is 0 Å². The first-order chi connectivity index (χ1) is 28.2. The molecule has 0 aliphatic rings. The number of nitriles is 2. The van der Waals surface area contributed by atoms with Crippen LogP contribution in [0, 0.1) is 29.2 Å². The number of para-hydroxylation sites is 5. The lowest BCUT2D eigenvalue weighted by Gasteiger charge is -2.19. The highest BCUT2D eigenvalue weighted by atomic mass is 15.0. The van der Waals surface area contributed by atoms with Gasteiger partial charge in [0.25, 0.3) is 0 Å². The van der Waals surface area contributed by atoms with Crippen LogP contribution in [0.1, 0.15) is 11.1 Å². The highest BCUT2D eigenvalue weighted by molar-refractivity contribution is 6.14.